The van der Waals surface area contributed by atoms with E-state index in [9.17, 15) is 14.0 Å². The number of halogens is 1. The molecule has 0 radical (unpaired) electrons. The van der Waals surface area contributed by atoms with Crippen molar-refractivity contribution < 1.29 is 28.0 Å². The van der Waals surface area contributed by atoms with E-state index in [0.717, 1.165) is 0 Å². The molecule has 2 aromatic rings. The van der Waals surface area contributed by atoms with E-state index in [1.54, 1.807) is 39.0 Å². The van der Waals surface area contributed by atoms with Gasteiger partial charge in [-0.15, -0.1) is 0 Å². The first kappa shape index (κ1) is 22.7. The van der Waals surface area contributed by atoms with Gasteiger partial charge in [0, 0.05) is 19.2 Å². The van der Waals surface area contributed by atoms with Crippen molar-refractivity contribution in [2.24, 2.45) is 0 Å². The second kappa shape index (κ2) is 9.16. The van der Waals surface area contributed by atoms with E-state index >= 15 is 0 Å². The molecular formula is C22H28FN5O5. The van der Waals surface area contributed by atoms with Gasteiger partial charge < -0.3 is 29.5 Å². The van der Waals surface area contributed by atoms with E-state index in [2.05, 4.69) is 15.8 Å². The molecule has 2 N–H and O–H groups in total. The highest BCUT2D eigenvalue weighted by Crippen LogP contribution is 2.30. The van der Waals surface area contributed by atoms with Crippen molar-refractivity contribution in [1.82, 2.24) is 10.5 Å². The summed E-state index contributed by atoms with van der Waals surface area (Å²) in [6.45, 7) is 7.11. The summed E-state index contributed by atoms with van der Waals surface area (Å²) in [7, 11) is 0. The molecule has 2 amide bonds. The first-order chi connectivity index (χ1) is 15.7. The molecule has 1 aromatic carbocycles. The van der Waals surface area contributed by atoms with E-state index in [0.29, 0.717) is 43.2 Å². The summed E-state index contributed by atoms with van der Waals surface area (Å²) < 4.78 is 30.4. The molecule has 33 heavy (non-hydrogen) atoms. The molecule has 2 aliphatic rings. The number of aromatic nitrogens is 1. The van der Waals surface area contributed by atoms with Crippen LogP contribution in [0.4, 0.5) is 31.2 Å². The van der Waals surface area contributed by atoms with Crippen molar-refractivity contribution in [2.45, 2.75) is 44.9 Å². The van der Waals surface area contributed by atoms with Crippen LogP contribution in [0.2, 0.25) is 0 Å². The van der Waals surface area contributed by atoms with Gasteiger partial charge >= 0.3 is 12.2 Å². The second-order valence-electron chi connectivity index (χ2n) is 9.10. The van der Waals surface area contributed by atoms with Crippen LogP contribution in [0.25, 0.3) is 0 Å². The molecule has 2 saturated heterocycles. The fourth-order valence-corrected chi connectivity index (χ4v) is 3.85. The van der Waals surface area contributed by atoms with E-state index in [1.165, 1.54) is 17.2 Å². The molecule has 0 bridgehead atoms. The van der Waals surface area contributed by atoms with Gasteiger partial charge in [0.2, 0.25) is 0 Å². The number of nitrogens with zero attached hydrogens (tertiary/aromatic N) is 3. The maximum Gasteiger partial charge on any atom is 0.414 e. The van der Waals surface area contributed by atoms with E-state index < -0.39 is 29.7 Å². The monoisotopic (exact) mass is 461 g/mol. The highest BCUT2D eigenvalue weighted by Gasteiger charge is 2.33. The van der Waals surface area contributed by atoms with Crippen LogP contribution in [0.3, 0.4) is 0 Å². The van der Waals surface area contributed by atoms with Crippen LogP contribution < -0.4 is 20.4 Å². The molecule has 0 saturated carbocycles. The van der Waals surface area contributed by atoms with Gasteiger partial charge in [-0.05, 0) is 45.4 Å². The van der Waals surface area contributed by atoms with Crippen LogP contribution in [-0.4, -0.2) is 61.3 Å². The summed E-state index contributed by atoms with van der Waals surface area (Å²) in [6, 6.07) is 6.20. The fourth-order valence-electron chi connectivity index (χ4n) is 3.85. The topological polar surface area (TPSA) is 109 Å². The van der Waals surface area contributed by atoms with Crippen molar-refractivity contribution in [3.8, 4) is 0 Å². The van der Waals surface area contributed by atoms with Gasteiger partial charge in [0.1, 0.15) is 23.8 Å². The molecule has 178 valence electrons. The number of alkyl carbamates (subject to hydrolysis) is 1. The SMILES string of the molecule is CC(C)(C)OC(=O)NC1CCN(c2ccc(N3CC(CNc4ccon4)OC3=O)cc2F)C1. The molecule has 11 heteroatoms. The van der Waals surface area contributed by atoms with Gasteiger partial charge in [0.15, 0.2) is 5.82 Å². The summed E-state index contributed by atoms with van der Waals surface area (Å²) in [6.07, 6.45) is 0.701. The lowest BCUT2D eigenvalue weighted by Gasteiger charge is -2.23. The van der Waals surface area contributed by atoms with Crippen LogP contribution in [-0.2, 0) is 9.47 Å². The van der Waals surface area contributed by atoms with Crippen molar-refractivity contribution in [2.75, 3.05) is 41.3 Å². The van der Waals surface area contributed by atoms with Crippen molar-refractivity contribution in [3.63, 3.8) is 0 Å². The Labute approximate surface area is 191 Å². The van der Waals surface area contributed by atoms with Gasteiger partial charge in [-0.2, -0.15) is 0 Å². The minimum Gasteiger partial charge on any atom is -0.444 e. The molecule has 1 aromatic heterocycles. The minimum absolute atomic E-state index is 0.134. The zero-order valence-corrected chi connectivity index (χ0v) is 18.8. The lowest BCUT2D eigenvalue weighted by molar-refractivity contribution is 0.0509. The Morgan fingerprint density at radius 3 is 2.82 bits per heavy atom. The molecule has 0 aliphatic carbocycles. The molecule has 2 atom stereocenters. The molecule has 10 nitrogen and oxygen atoms in total. The van der Waals surface area contributed by atoms with E-state index in [4.69, 9.17) is 14.0 Å². The number of cyclic esters (lactones) is 1. The number of carbonyl (C=O) groups is 2. The zero-order chi connectivity index (χ0) is 23.6. The number of nitrogens with one attached hydrogen (secondary N) is 2. The Kier molecular flexibility index (Phi) is 6.30. The quantitative estimate of drug-likeness (QED) is 0.674. The third-order valence-electron chi connectivity index (χ3n) is 5.32. The van der Waals surface area contributed by atoms with Gasteiger partial charge in [0.25, 0.3) is 0 Å². The minimum atomic E-state index is -0.577. The Bertz CT molecular complexity index is 994. The highest BCUT2D eigenvalue weighted by atomic mass is 19.1. The van der Waals surface area contributed by atoms with Crippen LogP contribution in [0.15, 0.2) is 35.1 Å². The Balaban J connectivity index is 1.33. The average Bonchev–Trinajstić information content (AvgIpc) is 3.46. The number of benzene rings is 1. The van der Waals surface area contributed by atoms with Crippen molar-refractivity contribution >= 4 is 29.4 Å². The maximum atomic E-state index is 15.0. The second-order valence-corrected chi connectivity index (χ2v) is 9.10. The van der Waals surface area contributed by atoms with Crippen LogP contribution in [0, 0.1) is 5.82 Å². The molecule has 2 unspecified atom stereocenters. The van der Waals surface area contributed by atoms with Gasteiger partial charge in [-0.25, -0.2) is 14.0 Å². The standard InChI is InChI=1S/C22H28FN5O5/c1-22(2,3)33-20(29)25-14-6-8-27(12-14)18-5-4-15(10-17(18)23)28-13-16(32-21(28)30)11-24-19-7-9-31-26-19/h4-5,7,9-10,14,16H,6,8,11-13H2,1-3H3,(H,24,26)(H,25,29). The van der Waals surface area contributed by atoms with Crippen molar-refractivity contribution in [1.29, 1.82) is 0 Å². The lowest BCUT2D eigenvalue weighted by atomic mass is 10.2. The Morgan fingerprint density at radius 2 is 2.12 bits per heavy atom. The largest absolute Gasteiger partial charge is 0.444 e. The smallest absolute Gasteiger partial charge is 0.414 e. The number of anilines is 3. The summed E-state index contributed by atoms with van der Waals surface area (Å²) in [5.41, 5.74) is 0.267. The fraction of sp³-hybridized carbons (Fsp3) is 0.500. The molecule has 4 rings (SSSR count). The number of rotatable bonds is 6. The van der Waals surface area contributed by atoms with Gasteiger partial charge in [-0.1, -0.05) is 5.16 Å². The zero-order valence-electron chi connectivity index (χ0n) is 18.8. The number of ether oxygens (including phenoxy) is 2. The number of hydrogen-bond acceptors (Lipinski definition) is 8. The van der Waals surface area contributed by atoms with E-state index in [1.807, 2.05) is 4.90 Å². The lowest BCUT2D eigenvalue weighted by Crippen LogP contribution is -2.40. The van der Waals surface area contributed by atoms with Crippen LogP contribution in [0.1, 0.15) is 27.2 Å². The first-order valence-electron chi connectivity index (χ1n) is 10.8. The molecule has 3 heterocycles. The van der Waals surface area contributed by atoms with Crippen molar-refractivity contribution in [3.05, 3.63) is 36.3 Å². The average molecular weight is 461 g/mol. The summed E-state index contributed by atoms with van der Waals surface area (Å²) >= 11 is 0. The summed E-state index contributed by atoms with van der Waals surface area (Å²) in [5.74, 6) is 0.104. The molecule has 2 aliphatic heterocycles. The third kappa shape index (κ3) is 5.65. The predicted octanol–water partition coefficient (Wildman–Crippen LogP) is 3.35. The number of hydrogen-bond donors (Lipinski definition) is 2. The molecule has 0 spiro atoms. The first-order valence-corrected chi connectivity index (χ1v) is 10.8. The third-order valence-corrected chi connectivity index (χ3v) is 5.32. The number of carbonyl (C=O) groups excluding carboxylic acids is 2. The summed E-state index contributed by atoms with van der Waals surface area (Å²) in [4.78, 5) is 27.6. The molecule has 2 fully saturated rings. The van der Waals surface area contributed by atoms with Crippen LogP contribution in [0.5, 0.6) is 0 Å². The Morgan fingerprint density at radius 1 is 1.30 bits per heavy atom. The Hall–Kier alpha value is -3.50. The van der Waals surface area contributed by atoms with Crippen LogP contribution >= 0.6 is 0 Å². The molecular weight excluding hydrogens is 433 g/mol. The van der Waals surface area contributed by atoms with Gasteiger partial charge in [0.05, 0.1) is 30.5 Å². The van der Waals surface area contributed by atoms with E-state index in [-0.39, 0.29) is 12.6 Å². The predicted molar refractivity (Wildman–Crippen MR) is 119 cm³/mol. The number of amides is 2. The highest BCUT2D eigenvalue weighted by molar-refractivity contribution is 5.90. The maximum absolute atomic E-state index is 15.0. The normalized spacial score (nSPS) is 20.7. The van der Waals surface area contributed by atoms with Gasteiger partial charge in [-0.3, -0.25) is 4.90 Å². The summed E-state index contributed by atoms with van der Waals surface area (Å²) in [5, 5.41) is 9.60.